The van der Waals surface area contributed by atoms with Gasteiger partial charge in [0.15, 0.2) is 0 Å². The summed E-state index contributed by atoms with van der Waals surface area (Å²) in [7, 11) is 1.76. The average molecular weight is 369 g/mol. The van der Waals surface area contributed by atoms with Crippen LogP contribution in [0, 0.1) is 5.82 Å². The SMILES string of the molecule is CC[C@H](NC(=O)c1cc(C2CC2)nn1C)c1nc(-c2cccc(F)c2)no1. The van der Waals surface area contributed by atoms with Gasteiger partial charge < -0.3 is 9.84 Å². The number of hydrogen-bond acceptors (Lipinski definition) is 5. The lowest BCUT2D eigenvalue weighted by molar-refractivity contribution is 0.0917. The van der Waals surface area contributed by atoms with Crippen LogP contribution in [0.5, 0.6) is 0 Å². The molecule has 0 bridgehead atoms. The maximum atomic E-state index is 13.4. The molecule has 3 aromatic rings. The maximum absolute atomic E-state index is 13.4. The van der Waals surface area contributed by atoms with Crippen molar-refractivity contribution in [1.29, 1.82) is 0 Å². The Labute approximate surface area is 155 Å². The van der Waals surface area contributed by atoms with Crippen LogP contribution in [0.3, 0.4) is 0 Å². The van der Waals surface area contributed by atoms with E-state index in [-0.39, 0.29) is 23.4 Å². The Kier molecular flexibility index (Phi) is 4.47. The molecule has 0 saturated heterocycles. The zero-order valence-electron chi connectivity index (χ0n) is 15.1. The number of hydrogen-bond donors (Lipinski definition) is 1. The van der Waals surface area contributed by atoms with Crippen molar-refractivity contribution in [2.24, 2.45) is 7.05 Å². The molecule has 0 unspecified atom stereocenters. The highest BCUT2D eigenvalue weighted by atomic mass is 19.1. The van der Waals surface area contributed by atoms with E-state index in [1.807, 2.05) is 13.0 Å². The number of rotatable bonds is 6. The van der Waals surface area contributed by atoms with Crippen molar-refractivity contribution < 1.29 is 13.7 Å². The fourth-order valence-electron chi connectivity index (χ4n) is 2.97. The third-order valence-corrected chi connectivity index (χ3v) is 4.66. The number of amides is 1. The van der Waals surface area contributed by atoms with Crippen LogP contribution in [-0.2, 0) is 7.05 Å². The smallest absolute Gasteiger partial charge is 0.270 e. The second-order valence-electron chi connectivity index (χ2n) is 6.75. The van der Waals surface area contributed by atoms with Crippen molar-refractivity contribution >= 4 is 5.91 Å². The van der Waals surface area contributed by atoms with Gasteiger partial charge in [0.2, 0.25) is 11.7 Å². The summed E-state index contributed by atoms with van der Waals surface area (Å²) < 4.78 is 20.3. The van der Waals surface area contributed by atoms with E-state index in [2.05, 4.69) is 20.6 Å². The van der Waals surface area contributed by atoms with E-state index in [9.17, 15) is 9.18 Å². The molecule has 2 heterocycles. The van der Waals surface area contributed by atoms with Gasteiger partial charge in [-0.25, -0.2) is 4.39 Å². The summed E-state index contributed by atoms with van der Waals surface area (Å²) >= 11 is 0. The number of benzene rings is 1. The Bertz CT molecular complexity index is 976. The summed E-state index contributed by atoms with van der Waals surface area (Å²) in [6, 6.07) is 7.37. The third kappa shape index (κ3) is 3.60. The lowest BCUT2D eigenvalue weighted by atomic mass is 10.2. The van der Waals surface area contributed by atoms with Gasteiger partial charge in [-0.3, -0.25) is 9.48 Å². The molecular formula is C19H20FN5O2. The Hall–Kier alpha value is -3.03. The predicted octanol–water partition coefficient (Wildman–Crippen LogP) is 3.37. The van der Waals surface area contributed by atoms with Crippen molar-refractivity contribution in [1.82, 2.24) is 25.2 Å². The summed E-state index contributed by atoms with van der Waals surface area (Å²) in [4.78, 5) is 17.0. The average Bonchev–Trinajstić information content (AvgIpc) is 3.25. The van der Waals surface area contributed by atoms with Crippen LogP contribution in [-0.4, -0.2) is 25.8 Å². The lowest BCUT2D eigenvalue weighted by Gasteiger charge is -2.12. The van der Waals surface area contributed by atoms with Gasteiger partial charge in [-0.1, -0.05) is 24.2 Å². The van der Waals surface area contributed by atoms with Crippen LogP contribution in [0.15, 0.2) is 34.9 Å². The van der Waals surface area contributed by atoms with Crippen molar-refractivity contribution in [3.8, 4) is 11.4 Å². The van der Waals surface area contributed by atoms with Crippen LogP contribution in [0.25, 0.3) is 11.4 Å². The van der Waals surface area contributed by atoms with Gasteiger partial charge in [0.05, 0.1) is 5.69 Å². The molecule has 4 rings (SSSR count). The van der Waals surface area contributed by atoms with Crippen LogP contribution >= 0.6 is 0 Å². The van der Waals surface area contributed by atoms with Crippen LogP contribution in [0.4, 0.5) is 4.39 Å². The third-order valence-electron chi connectivity index (χ3n) is 4.66. The van der Waals surface area contributed by atoms with E-state index < -0.39 is 6.04 Å². The number of nitrogens with zero attached hydrogens (tertiary/aromatic N) is 4. The Morgan fingerprint density at radius 2 is 2.22 bits per heavy atom. The first-order chi connectivity index (χ1) is 13.0. The molecular weight excluding hydrogens is 349 g/mol. The molecule has 0 radical (unpaired) electrons. The highest BCUT2D eigenvalue weighted by Crippen LogP contribution is 2.39. The minimum absolute atomic E-state index is 0.241. The van der Waals surface area contributed by atoms with Gasteiger partial charge >= 0.3 is 0 Å². The first-order valence-electron chi connectivity index (χ1n) is 8.99. The highest BCUT2D eigenvalue weighted by molar-refractivity contribution is 5.92. The Balaban J connectivity index is 1.51. The van der Waals surface area contributed by atoms with E-state index in [0.717, 1.165) is 18.5 Å². The fourth-order valence-corrected chi connectivity index (χ4v) is 2.97. The molecule has 0 aliphatic heterocycles. The largest absolute Gasteiger partial charge is 0.339 e. The zero-order valence-corrected chi connectivity index (χ0v) is 15.1. The molecule has 27 heavy (non-hydrogen) atoms. The maximum Gasteiger partial charge on any atom is 0.270 e. The summed E-state index contributed by atoms with van der Waals surface area (Å²) in [5, 5.41) is 11.2. The van der Waals surface area contributed by atoms with Gasteiger partial charge in [-0.2, -0.15) is 10.1 Å². The number of nitrogens with one attached hydrogen (secondary N) is 1. The van der Waals surface area contributed by atoms with E-state index in [1.54, 1.807) is 23.9 Å². The summed E-state index contributed by atoms with van der Waals surface area (Å²) in [6.45, 7) is 1.91. The molecule has 1 atom stereocenters. The van der Waals surface area contributed by atoms with Crippen molar-refractivity contribution in [3.63, 3.8) is 0 Å². The van der Waals surface area contributed by atoms with Crippen molar-refractivity contribution in [3.05, 3.63) is 53.4 Å². The molecule has 140 valence electrons. The molecule has 7 nitrogen and oxygen atoms in total. The summed E-state index contributed by atoms with van der Waals surface area (Å²) in [6.07, 6.45) is 2.82. The van der Waals surface area contributed by atoms with Gasteiger partial charge in [0.25, 0.3) is 5.91 Å². The molecule has 1 aromatic carbocycles. The standard InChI is InChI=1S/C19H20FN5O2/c1-3-14(19-22-17(24-27-19)12-5-4-6-13(20)9-12)21-18(26)16-10-15(11-7-8-11)23-25(16)2/h4-6,9-11,14H,3,7-8H2,1-2H3,(H,21,26)/t14-/m0/s1. The van der Waals surface area contributed by atoms with E-state index in [1.165, 1.54) is 12.1 Å². The molecule has 1 saturated carbocycles. The van der Waals surface area contributed by atoms with Crippen LogP contribution < -0.4 is 5.32 Å². The quantitative estimate of drug-likeness (QED) is 0.720. The van der Waals surface area contributed by atoms with Gasteiger partial charge in [-0.05, 0) is 37.5 Å². The molecule has 1 N–H and O–H groups in total. The van der Waals surface area contributed by atoms with Gasteiger partial charge in [0, 0.05) is 18.5 Å². The number of carbonyl (C=O) groups is 1. The van der Waals surface area contributed by atoms with Crippen molar-refractivity contribution in [2.45, 2.75) is 38.1 Å². The lowest BCUT2D eigenvalue weighted by Crippen LogP contribution is -2.30. The highest BCUT2D eigenvalue weighted by Gasteiger charge is 2.29. The van der Waals surface area contributed by atoms with E-state index in [0.29, 0.717) is 23.6 Å². The number of aryl methyl sites for hydroxylation is 1. The first kappa shape index (κ1) is 17.4. The van der Waals surface area contributed by atoms with E-state index >= 15 is 0 Å². The van der Waals surface area contributed by atoms with E-state index in [4.69, 9.17) is 4.52 Å². The molecule has 0 spiro atoms. The zero-order chi connectivity index (χ0) is 19.0. The summed E-state index contributed by atoms with van der Waals surface area (Å²) in [5.41, 5.74) is 1.98. The predicted molar refractivity (Wildman–Crippen MR) is 95.4 cm³/mol. The normalized spacial score (nSPS) is 14.9. The summed E-state index contributed by atoms with van der Waals surface area (Å²) in [5.74, 6) is 0.434. The molecule has 8 heteroatoms. The molecule has 1 aliphatic rings. The molecule has 1 amide bonds. The van der Waals surface area contributed by atoms with Crippen LogP contribution in [0.2, 0.25) is 0 Å². The topological polar surface area (TPSA) is 85.8 Å². The molecule has 1 aliphatic carbocycles. The minimum atomic E-state index is -0.438. The monoisotopic (exact) mass is 369 g/mol. The van der Waals surface area contributed by atoms with Crippen molar-refractivity contribution in [2.75, 3.05) is 0 Å². The first-order valence-corrected chi connectivity index (χ1v) is 8.99. The molecule has 2 aromatic heterocycles. The van der Waals surface area contributed by atoms with Gasteiger partial charge in [-0.15, -0.1) is 0 Å². The van der Waals surface area contributed by atoms with Crippen LogP contribution in [0.1, 0.15) is 60.2 Å². The second-order valence-corrected chi connectivity index (χ2v) is 6.75. The number of halogens is 1. The Morgan fingerprint density at radius 1 is 1.41 bits per heavy atom. The van der Waals surface area contributed by atoms with Gasteiger partial charge in [0.1, 0.15) is 17.6 Å². The molecule has 1 fully saturated rings. The Morgan fingerprint density at radius 3 is 2.93 bits per heavy atom. The number of aromatic nitrogens is 4. The second kappa shape index (κ2) is 6.94. The fraction of sp³-hybridized carbons (Fsp3) is 0.368. The number of carbonyl (C=O) groups excluding carboxylic acids is 1. The minimum Gasteiger partial charge on any atom is -0.339 e.